The minimum atomic E-state index is -0.317. The molecule has 0 saturated carbocycles. The number of nitrogens with zero attached hydrogens (tertiary/aromatic N) is 2. The van der Waals surface area contributed by atoms with Gasteiger partial charge in [0.25, 0.3) is 0 Å². The van der Waals surface area contributed by atoms with Gasteiger partial charge in [0.05, 0.1) is 4.47 Å². The maximum Gasteiger partial charge on any atom is 0.191 e. The summed E-state index contributed by atoms with van der Waals surface area (Å²) in [5.41, 5.74) is 3.18. The van der Waals surface area contributed by atoms with Crippen molar-refractivity contribution in [3.63, 3.8) is 0 Å². The second-order valence-corrected chi connectivity index (χ2v) is 5.15. The topological polar surface area (TPSA) is 75.9 Å². The molecule has 1 aromatic carbocycles. The van der Waals surface area contributed by atoms with Gasteiger partial charge in [-0.2, -0.15) is 0 Å². The third-order valence-electron chi connectivity index (χ3n) is 2.23. The Morgan fingerprint density at radius 2 is 2.00 bits per heavy atom. The van der Waals surface area contributed by atoms with Crippen LogP contribution in [-0.4, -0.2) is 16.2 Å². The zero-order chi connectivity index (χ0) is 13.8. The lowest BCUT2D eigenvalue weighted by molar-refractivity contribution is 0.621. The molecule has 0 aliphatic rings. The van der Waals surface area contributed by atoms with Gasteiger partial charge in [0.1, 0.15) is 17.5 Å². The molecule has 2 aromatic rings. The summed E-state index contributed by atoms with van der Waals surface area (Å²) in [6.45, 7) is 0. The summed E-state index contributed by atoms with van der Waals surface area (Å²) in [4.78, 5) is 8.43. The SMILES string of the molecule is CSc1nc(NN)cc(Nc2ccc(F)c(Br)c2)n1. The number of nitrogens with two attached hydrogens (primary N) is 1. The van der Waals surface area contributed by atoms with Crippen LogP contribution in [-0.2, 0) is 0 Å². The van der Waals surface area contributed by atoms with Crippen LogP contribution >= 0.6 is 27.7 Å². The van der Waals surface area contributed by atoms with Crippen LogP contribution in [0, 0.1) is 5.82 Å². The minimum absolute atomic E-state index is 0.317. The van der Waals surface area contributed by atoms with E-state index in [1.165, 1.54) is 17.8 Å². The van der Waals surface area contributed by atoms with E-state index in [9.17, 15) is 4.39 Å². The molecule has 0 radical (unpaired) electrons. The Bertz CT molecular complexity index is 573. The molecular weight excluding hydrogens is 333 g/mol. The molecule has 5 nitrogen and oxygen atoms in total. The fourth-order valence-corrected chi connectivity index (χ4v) is 2.13. The lowest BCUT2D eigenvalue weighted by Gasteiger charge is -2.09. The molecule has 4 N–H and O–H groups in total. The van der Waals surface area contributed by atoms with Gasteiger partial charge in [-0.3, -0.25) is 0 Å². The molecule has 0 unspecified atom stereocenters. The number of nitrogens with one attached hydrogen (secondary N) is 2. The first-order valence-corrected chi connectivity index (χ1v) is 7.26. The highest BCUT2D eigenvalue weighted by atomic mass is 79.9. The normalized spacial score (nSPS) is 10.3. The summed E-state index contributed by atoms with van der Waals surface area (Å²) in [6.07, 6.45) is 1.87. The molecule has 8 heteroatoms. The van der Waals surface area contributed by atoms with E-state index in [0.717, 1.165) is 0 Å². The lowest BCUT2D eigenvalue weighted by atomic mass is 10.3. The molecule has 0 amide bonds. The minimum Gasteiger partial charge on any atom is -0.340 e. The van der Waals surface area contributed by atoms with E-state index < -0.39 is 0 Å². The van der Waals surface area contributed by atoms with Crippen LogP contribution < -0.4 is 16.6 Å². The molecule has 2 rings (SSSR count). The number of rotatable bonds is 4. The third-order valence-corrected chi connectivity index (χ3v) is 3.38. The number of benzene rings is 1. The van der Waals surface area contributed by atoms with Crippen molar-refractivity contribution in [1.29, 1.82) is 0 Å². The second-order valence-electron chi connectivity index (χ2n) is 3.52. The Hall–Kier alpha value is -1.38. The Labute approximate surface area is 122 Å². The fraction of sp³-hybridized carbons (Fsp3) is 0.0909. The van der Waals surface area contributed by atoms with Gasteiger partial charge in [0.15, 0.2) is 5.16 Å². The molecule has 0 saturated heterocycles. The summed E-state index contributed by atoms with van der Waals surface area (Å²) < 4.78 is 13.5. The number of anilines is 3. The standard InChI is InChI=1S/C11H11BrFN5S/c1-19-11-16-9(5-10(17-11)18-14)15-6-2-3-8(13)7(12)4-6/h2-5H,14H2,1H3,(H2,15,16,17,18). The first-order valence-electron chi connectivity index (χ1n) is 5.24. The highest BCUT2D eigenvalue weighted by Crippen LogP contribution is 2.24. The summed E-state index contributed by atoms with van der Waals surface area (Å²) in [5.74, 6) is 6.11. The van der Waals surface area contributed by atoms with Crippen LogP contribution in [0.1, 0.15) is 0 Å². The van der Waals surface area contributed by atoms with E-state index in [-0.39, 0.29) is 5.82 Å². The van der Waals surface area contributed by atoms with E-state index in [2.05, 4.69) is 36.6 Å². The maximum atomic E-state index is 13.1. The predicted molar refractivity (Wildman–Crippen MR) is 79.0 cm³/mol. The van der Waals surface area contributed by atoms with Crippen molar-refractivity contribution in [3.8, 4) is 0 Å². The van der Waals surface area contributed by atoms with Crippen molar-refractivity contribution in [2.24, 2.45) is 5.84 Å². The quantitative estimate of drug-likeness (QED) is 0.342. The van der Waals surface area contributed by atoms with Gasteiger partial charge in [0, 0.05) is 11.8 Å². The fourth-order valence-electron chi connectivity index (χ4n) is 1.38. The lowest BCUT2D eigenvalue weighted by Crippen LogP contribution is -2.10. The third kappa shape index (κ3) is 3.55. The zero-order valence-corrected chi connectivity index (χ0v) is 12.3. The van der Waals surface area contributed by atoms with Crippen LogP contribution in [0.3, 0.4) is 0 Å². The Morgan fingerprint density at radius 1 is 1.26 bits per heavy atom. The number of nitrogen functional groups attached to an aromatic ring is 1. The van der Waals surface area contributed by atoms with Crippen LogP contribution in [0.15, 0.2) is 33.9 Å². The van der Waals surface area contributed by atoms with E-state index in [0.29, 0.717) is 27.0 Å². The molecule has 1 aromatic heterocycles. The van der Waals surface area contributed by atoms with Gasteiger partial charge in [-0.1, -0.05) is 11.8 Å². The van der Waals surface area contributed by atoms with Crippen molar-refractivity contribution >= 4 is 45.0 Å². The number of hydrazine groups is 1. The average Bonchev–Trinajstić information content (AvgIpc) is 2.42. The Morgan fingerprint density at radius 3 is 2.63 bits per heavy atom. The van der Waals surface area contributed by atoms with E-state index >= 15 is 0 Å². The van der Waals surface area contributed by atoms with Gasteiger partial charge in [0.2, 0.25) is 0 Å². The molecule has 1 heterocycles. The number of hydrogen-bond acceptors (Lipinski definition) is 6. The summed E-state index contributed by atoms with van der Waals surface area (Å²) >= 11 is 4.53. The van der Waals surface area contributed by atoms with Crippen LogP contribution in [0.5, 0.6) is 0 Å². The number of halogens is 2. The molecule has 19 heavy (non-hydrogen) atoms. The van der Waals surface area contributed by atoms with Crippen molar-refractivity contribution in [1.82, 2.24) is 9.97 Å². The average molecular weight is 344 g/mol. The highest BCUT2D eigenvalue weighted by molar-refractivity contribution is 9.10. The summed E-state index contributed by atoms with van der Waals surface area (Å²) in [7, 11) is 0. The molecule has 0 aliphatic heterocycles. The first kappa shape index (κ1) is 14.0. The van der Waals surface area contributed by atoms with Crippen molar-refractivity contribution in [2.45, 2.75) is 5.16 Å². The molecule has 100 valence electrons. The number of aromatic nitrogens is 2. The summed E-state index contributed by atoms with van der Waals surface area (Å²) in [5, 5.41) is 3.65. The van der Waals surface area contributed by atoms with Crippen molar-refractivity contribution < 1.29 is 4.39 Å². The van der Waals surface area contributed by atoms with E-state index in [1.807, 2.05) is 6.26 Å². The second kappa shape index (κ2) is 6.18. The van der Waals surface area contributed by atoms with E-state index in [1.54, 1.807) is 18.2 Å². The van der Waals surface area contributed by atoms with Crippen LogP contribution in [0.2, 0.25) is 0 Å². The van der Waals surface area contributed by atoms with Gasteiger partial charge >= 0.3 is 0 Å². The van der Waals surface area contributed by atoms with Crippen molar-refractivity contribution in [3.05, 3.63) is 34.6 Å². The molecule has 0 aliphatic carbocycles. The largest absolute Gasteiger partial charge is 0.340 e. The Kier molecular flexibility index (Phi) is 4.56. The van der Waals surface area contributed by atoms with Gasteiger partial charge in [-0.25, -0.2) is 20.2 Å². The smallest absolute Gasteiger partial charge is 0.191 e. The summed E-state index contributed by atoms with van der Waals surface area (Å²) in [6, 6.07) is 6.28. The molecule has 0 atom stereocenters. The van der Waals surface area contributed by atoms with Crippen LogP contribution in [0.4, 0.5) is 21.7 Å². The molecule has 0 fully saturated rings. The van der Waals surface area contributed by atoms with E-state index in [4.69, 9.17) is 5.84 Å². The zero-order valence-electron chi connectivity index (χ0n) is 9.95. The van der Waals surface area contributed by atoms with Crippen LogP contribution in [0.25, 0.3) is 0 Å². The van der Waals surface area contributed by atoms with Gasteiger partial charge in [-0.05, 0) is 40.4 Å². The number of thioether (sulfide) groups is 1. The van der Waals surface area contributed by atoms with Gasteiger partial charge < -0.3 is 10.7 Å². The first-order chi connectivity index (χ1) is 9.12. The predicted octanol–water partition coefficient (Wildman–Crippen LogP) is 3.13. The van der Waals surface area contributed by atoms with Crippen molar-refractivity contribution in [2.75, 3.05) is 17.0 Å². The molecule has 0 spiro atoms. The maximum absolute atomic E-state index is 13.1. The molecular formula is C11H11BrFN5S. The highest BCUT2D eigenvalue weighted by Gasteiger charge is 2.05. The monoisotopic (exact) mass is 343 g/mol. The Balaban J connectivity index is 2.29. The van der Waals surface area contributed by atoms with Gasteiger partial charge in [-0.15, -0.1) is 0 Å². The molecule has 0 bridgehead atoms. The number of hydrogen-bond donors (Lipinski definition) is 3.